The molecule has 9 nitrogen and oxygen atoms in total. The van der Waals surface area contributed by atoms with Crippen molar-refractivity contribution in [1.82, 2.24) is 10.3 Å². The molecule has 0 spiro atoms. The van der Waals surface area contributed by atoms with Crippen molar-refractivity contribution < 1.29 is 27.9 Å². The van der Waals surface area contributed by atoms with E-state index < -0.39 is 16.0 Å². The second-order valence-corrected chi connectivity index (χ2v) is 7.90. The van der Waals surface area contributed by atoms with E-state index in [9.17, 15) is 18.0 Å². The topological polar surface area (TPSA) is 138 Å². The Balaban J connectivity index is 1.92. The molecule has 1 aromatic heterocycles. The maximum Gasteiger partial charge on any atom is 0.307 e. The van der Waals surface area contributed by atoms with E-state index in [2.05, 4.69) is 15.0 Å². The number of sulfonamides is 1. The van der Waals surface area contributed by atoms with Crippen LogP contribution in [0, 0.1) is 0 Å². The fourth-order valence-corrected chi connectivity index (χ4v) is 3.99. The molecule has 0 aliphatic carbocycles. The largest absolute Gasteiger partial charge is 0.496 e. The molecular formula is C19H19N3O6S. The van der Waals surface area contributed by atoms with E-state index in [-0.39, 0.29) is 22.8 Å². The Labute approximate surface area is 166 Å². The number of benzene rings is 2. The highest BCUT2D eigenvalue weighted by atomic mass is 32.2. The van der Waals surface area contributed by atoms with Crippen molar-refractivity contribution in [2.75, 3.05) is 18.9 Å². The van der Waals surface area contributed by atoms with Crippen LogP contribution in [0.15, 0.2) is 47.4 Å². The van der Waals surface area contributed by atoms with Gasteiger partial charge in [0.05, 0.1) is 18.4 Å². The molecule has 10 heteroatoms. The van der Waals surface area contributed by atoms with Crippen LogP contribution in [0.5, 0.6) is 5.75 Å². The van der Waals surface area contributed by atoms with E-state index in [1.165, 1.54) is 32.4 Å². The first-order chi connectivity index (χ1) is 13.7. The van der Waals surface area contributed by atoms with E-state index in [0.717, 1.165) is 0 Å². The summed E-state index contributed by atoms with van der Waals surface area (Å²) in [5.41, 5.74) is 1.59. The fraction of sp³-hybridized carbons (Fsp3) is 0.158. The van der Waals surface area contributed by atoms with Gasteiger partial charge in [0.2, 0.25) is 0 Å². The highest BCUT2D eigenvalue weighted by Crippen LogP contribution is 2.26. The molecule has 0 aliphatic heterocycles. The molecule has 0 fully saturated rings. The van der Waals surface area contributed by atoms with Gasteiger partial charge in [-0.3, -0.25) is 14.3 Å². The molecule has 1 amide bonds. The smallest absolute Gasteiger partial charge is 0.307 e. The van der Waals surface area contributed by atoms with Gasteiger partial charge in [-0.2, -0.15) is 0 Å². The Morgan fingerprint density at radius 1 is 1.14 bits per heavy atom. The van der Waals surface area contributed by atoms with Crippen molar-refractivity contribution in [2.45, 2.75) is 11.3 Å². The molecule has 0 atom stereocenters. The van der Waals surface area contributed by atoms with Gasteiger partial charge >= 0.3 is 5.97 Å². The first kappa shape index (κ1) is 20.2. The molecule has 1 heterocycles. The number of aromatic amines is 1. The van der Waals surface area contributed by atoms with E-state index in [1.807, 2.05) is 0 Å². The average molecular weight is 417 g/mol. The number of carboxylic acid groups (broad SMARTS) is 1. The molecule has 0 saturated heterocycles. The van der Waals surface area contributed by atoms with E-state index in [0.29, 0.717) is 28.0 Å². The van der Waals surface area contributed by atoms with Crippen molar-refractivity contribution in [3.8, 4) is 5.75 Å². The Kier molecular flexibility index (Phi) is 5.46. The lowest BCUT2D eigenvalue weighted by Crippen LogP contribution is -2.17. The first-order valence-electron chi connectivity index (χ1n) is 8.50. The highest BCUT2D eigenvalue weighted by molar-refractivity contribution is 7.92. The Bertz CT molecular complexity index is 1200. The van der Waals surface area contributed by atoms with Crippen LogP contribution < -0.4 is 14.8 Å². The Morgan fingerprint density at radius 3 is 2.55 bits per heavy atom. The predicted molar refractivity (Wildman–Crippen MR) is 107 cm³/mol. The van der Waals surface area contributed by atoms with E-state index >= 15 is 0 Å². The number of carbonyl (C=O) groups excluding carboxylic acids is 1. The molecule has 3 rings (SSSR count). The number of carbonyl (C=O) groups is 2. The molecule has 3 aromatic rings. The molecule has 0 radical (unpaired) electrons. The number of anilines is 1. The number of carboxylic acids is 1. The Morgan fingerprint density at radius 2 is 1.90 bits per heavy atom. The number of hydrogen-bond acceptors (Lipinski definition) is 5. The maximum atomic E-state index is 12.8. The number of ether oxygens (including phenoxy) is 1. The summed E-state index contributed by atoms with van der Waals surface area (Å²) in [6.45, 7) is 0. The van der Waals surface area contributed by atoms with Crippen LogP contribution >= 0.6 is 0 Å². The maximum absolute atomic E-state index is 12.8. The van der Waals surface area contributed by atoms with E-state index in [4.69, 9.17) is 9.84 Å². The summed E-state index contributed by atoms with van der Waals surface area (Å²) < 4.78 is 33.1. The van der Waals surface area contributed by atoms with Gasteiger partial charge < -0.3 is 20.1 Å². The second-order valence-electron chi connectivity index (χ2n) is 6.21. The average Bonchev–Trinajstić information content (AvgIpc) is 3.10. The van der Waals surface area contributed by atoms with Crippen molar-refractivity contribution in [3.63, 3.8) is 0 Å². The van der Waals surface area contributed by atoms with Gasteiger partial charge in [-0.1, -0.05) is 0 Å². The van der Waals surface area contributed by atoms with Gasteiger partial charge in [0.15, 0.2) is 0 Å². The lowest BCUT2D eigenvalue weighted by molar-refractivity contribution is -0.136. The lowest BCUT2D eigenvalue weighted by Gasteiger charge is -2.12. The minimum atomic E-state index is -3.97. The summed E-state index contributed by atoms with van der Waals surface area (Å²) in [6, 6.07) is 10.5. The summed E-state index contributed by atoms with van der Waals surface area (Å²) in [6.07, 6.45) is -0.371. The minimum absolute atomic E-state index is 0.0882. The molecule has 152 valence electrons. The number of nitrogens with one attached hydrogen (secondary N) is 3. The third kappa shape index (κ3) is 4.32. The van der Waals surface area contributed by atoms with Gasteiger partial charge in [0.1, 0.15) is 11.4 Å². The normalized spacial score (nSPS) is 11.2. The second kappa shape index (κ2) is 7.84. The third-order valence-corrected chi connectivity index (χ3v) is 5.63. The van der Waals surface area contributed by atoms with Gasteiger partial charge in [-0.05, 0) is 42.5 Å². The highest BCUT2D eigenvalue weighted by Gasteiger charge is 2.18. The van der Waals surface area contributed by atoms with Gasteiger partial charge in [-0.25, -0.2) is 8.42 Å². The van der Waals surface area contributed by atoms with Gasteiger partial charge in [0.25, 0.3) is 15.9 Å². The summed E-state index contributed by atoms with van der Waals surface area (Å²) in [7, 11) is -1.07. The zero-order chi connectivity index (χ0) is 21.2. The first-order valence-corrected chi connectivity index (χ1v) is 9.98. The van der Waals surface area contributed by atoms with E-state index in [1.54, 1.807) is 24.3 Å². The number of methoxy groups -OCH3 is 1. The van der Waals surface area contributed by atoms with Gasteiger partial charge in [-0.15, -0.1) is 0 Å². The predicted octanol–water partition coefficient (Wildman–Crippen LogP) is 1.96. The fourth-order valence-electron chi connectivity index (χ4n) is 2.89. The number of rotatable bonds is 7. The summed E-state index contributed by atoms with van der Waals surface area (Å²) in [4.78, 5) is 25.6. The molecule has 2 aromatic carbocycles. The third-order valence-electron chi connectivity index (χ3n) is 4.25. The summed E-state index contributed by atoms with van der Waals surface area (Å²) >= 11 is 0. The zero-order valence-electron chi connectivity index (χ0n) is 15.6. The van der Waals surface area contributed by atoms with Crippen molar-refractivity contribution >= 4 is 38.5 Å². The van der Waals surface area contributed by atoms with Crippen LogP contribution in [0.4, 0.5) is 5.69 Å². The van der Waals surface area contributed by atoms with Crippen LogP contribution in [0.1, 0.15) is 16.1 Å². The number of aliphatic carboxylic acids is 1. The molecule has 4 N–H and O–H groups in total. The Hall–Kier alpha value is -3.53. The quantitative estimate of drug-likeness (QED) is 0.464. The SMILES string of the molecule is CNC(=O)c1cc2cc(NS(=O)(=O)c3ccc(OC)c(CC(=O)O)c3)ccc2[nH]1. The molecule has 0 unspecified atom stereocenters. The van der Waals surface area contributed by atoms with Crippen LogP contribution in [-0.2, 0) is 21.2 Å². The van der Waals surface area contributed by atoms with Crippen molar-refractivity contribution in [3.05, 3.63) is 53.7 Å². The lowest BCUT2D eigenvalue weighted by atomic mass is 10.1. The molecule has 0 bridgehead atoms. The van der Waals surface area contributed by atoms with Crippen LogP contribution in [-0.4, -0.2) is 44.5 Å². The molecule has 0 saturated carbocycles. The van der Waals surface area contributed by atoms with Crippen LogP contribution in [0.3, 0.4) is 0 Å². The monoisotopic (exact) mass is 417 g/mol. The zero-order valence-corrected chi connectivity index (χ0v) is 16.5. The minimum Gasteiger partial charge on any atom is -0.496 e. The number of amides is 1. The number of H-pyrrole nitrogens is 1. The van der Waals surface area contributed by atoms with Crippen LogP contribution in [0.2, 0.25) is 0 Å². The molecule has 29 heavy (non-hydrogen) atoms. The number of aromatic nitrogens is 1. The molecular weight excluding hydrogens is 398 g/mol. The molecule has 0 aliphatic rings. The summed E-state index contributed by atoms with van der Waals surface area (Å²) in [5, 5.41) is 12.2. The van der Waals surface area contributed by atoms with Crippen molar-refractivity contribution in [1.29, 1.82) is 0 Å². The number of fused-ring (bicyclic) bond motifs is 1. The number of hydrogen-bond donors (Lipinski definition) is 4. The summed E-state index contributed by atoms with van der Waals surface area (Å²) in [5.74, 6) is -1.09. The van der Waals surface area contributed by atoms with Crippen molar-refractivity contribution in [2.24, 2.45) is 0 Å². The van der Waals surface area contributed by atoms with Crippen LogP contribution in [0.25, 0.3) is 10.9 Å². The van der Waals surface area contributed by atoms with Gasteiger partial charge in [0, 0.05) is 29.2 Å². The standard InChI is InChI=1S/C19H19N3O6S/c1-20-19(25)16-9-11-7-13(3-5-15(11)21-16)22-29(26,27)14-4-6-17(28-2)12(8-14)10-18(23)24/h3-9,21-22H,10H2,1-2H3,(H,20,25)(H,23,24).